The first-order valence-electron chi connectivity index (χ1n) is 5.59. The van der Waals surface area contributed by atoms with E-state index in [9.17, 15) is 10.2 Å². The van der Waals surface area contributed by atoms with E-state index in [1.165, 1.54) is 0 Å². The van der Waals surface area contributed by atoms with Gasteiger partial charge in [0, 0.05) is 5.41 Å². The van der Waals surface area contributed by atoms with Crippen molar-refractivity contribution in [3.05, 3.63) is 59.7 Å². The second-order valence-electron chi connectivity index (χ2n) is 4.72. The zero-order chi connectivity index (χ0) is 12.5. The Balaban J connectivity index is 2.41. The summed E-state index contributed by atoms with van der Waals surface area (Å²) in [6, 6.07) is 14.4. The highest BCUT2D eigenvalue weighted by atomic mass is 16.3. The van der Waals surface area contributed by atoms with Crippen LogP contribution in [0.3, 0.4) is 0 Å². The van der Waals surface area contributed by atoms with Gasteiger partial charge in [-0.3, -0.25) is 0 Å². The first-order valence-corrected chi connectivity index (χ1v) is 5.59. The Morgan fingerprint density at radius 1 is 0.647 bits per heavy atom. The van der Waals surface area contributed by atoms with E-state index >= 15 is 0 Å². The topological polar surface area (TPSA) is 40.5 Å². The summed E-state index contributed by atoms with van der Waals surface area (Å²) in [6.07, 6.45) is 0. The van der Waals surface area contributed by atoms with E-state index in [-0.39, 0.29) is 16.9 Å². The standard InChI is InChI=1S/C15H16O2/c1-15(2,11-3-7-13(16)8-4-11)12-5-9-14(17)10-6-12/h3-10,16-17H,1-2H3/i7+1,13+1. The van der Waals surface area contributed by atoms with Gasteiger partial charge in [0.1, 0.15) is 11.5 Å². The zero-order valence-electron chi connectivity index (χ0n) is 10.0. The average Bonchev–Trinajstić information content (AvgIpc) is 2.30. The summed E-state index contributed by atoms with van der Waals surface area (Å²) in [6.45, 7) is 4.23. The minimum atomic E-state index is -0.151. The maximum atomic E-state index is 9.30. The van der Waals surface area contributed by atoms with Crippen molar-refractivity contribution in [1.82, 2.24) is 0 Å². The quantitative estimate of drug-likeness (QED) is 0.829. The van der Waals surface area contributed by atoms with Gasteiger partial charge in [0.25, 0.3) is 0 Å². The molecule has 0 aliphatic carbocycles. The summed E-state index contributed by atoms with van der Waals surface area (Å²) in [5.41, 5.74) is 2.10. The predicted octanol–water partition coefficient (Wildman–Crippen LogP) is 3.42. The van der Waals surface area contributed by atoms with Crippen LogP contribution in [-0.4, -0.2) is 10.2 Å². The number of aromatic hydroxyl groups is 2. The molecule has 17 heavy (non-hydrogen) atoms. The molecule has 0 spiro atoms. The second-order valence-corrected chi connectivity index (χ2v) is 4.72. The first-order chi connectivity index (χ1) is 8.00. The van der Waals surface area contributed by atoms with Crippen LogP contribution in [0.25, 0.3) is 0 Å². The van der Waals surface area contributed by atoms with Gasteiger partial charge in [-0.25, -0.2) is 0 Å². The van der Waals surface area contributed by atoms with Gasteiger partial charge < -0.3 is 10.2 Å². The van der Waals surface area contributed by atoms with Gasteiger partial charge in [-0.15, -0.1) is 0 Å². The van der Waals surface area contributed by atoms with Crippen LogP contribution in [0.15, 0.2) is 48.5 Å². The third-order valence-electron chi connectivity index (χ3n) is 3.18. The Labute approximate surface area is 101 Å². The predicted molar refractivity (Wildman–Crippen MR) is 68.3 cm³/mol. The molecule has 0 heterocycles. The van der Waals surface area contributed by atoms with E-state index in [1.807, 2.05) is 24.3 Å². The molecule has 2 heteroatoms. The molecule has 0 aliphatic rings. The maximum Gasteiger partial charge on any atom is 0.115 e. The van der Waals surface area contributed by atoms with Crippen LogP contribution in [0.4, 0.5) is 0 Å². The van der Waals surface area contributed by atoms with Crippen molar-refractivity contribution in [3.8, 4) is 11.5 Å². The fraction of sp³-hybridized carbons (Fsp3) is 0.200. The molecule has 0 amide bonds. The molecule has 2 aromatic rings. The smallest absolute Gasteiger partial charge is 0.115 e. The van der Waals surface area contributed by atoms with Crippen LogP contribution in [-0.2, 0) is 5.41 Å². The minimum absolute atomic E-state index is 0.151. The molecule has 2 N–H and O–H groups in total. The Morgan fingerprint density at radius 2 is 0.941 bits per heavy atom. The van der Waals surface area contributed by atoms with Crippen molar-refractivity contribution in [2.24, 2.45) is 0 Å². The summed E-state index contributed by atoms with van der Waals surface area (Å²) in [5, 5.41) is 18.6. The molecular weight excluding hydrogens is 214 g/mol. The number of hydrogen-bond donors (Lipinski definition) is 2. The lowest BCUT2D eigenvalue weighted by Gasteiger charge is -2.26. The maximum absolute atomic E-state index is 9.30. The van der Waals surface area contributed by atoms with Crippen LogP contribution < -0.4 is 0 Å². The van der Waals surface area contributed by atoms with Crippen LogP contribution in [0.2, 0.25) is 0 Å². The van der Waals surface area contributed by atoms with Gasteiger partial charge in [0.15, 0.2) is 0 Å². The molecule has 0 fully saturated rings. The molecule has 0 radical (unpaired) electrons. The highest BCUT2D eigenvalue weighted by Crippen LogP contribution is 2.32. The third-order valence-corrected chi connectivity index (χ3v) is 3.18. The van der Waals surface area contributed by atoms with Crippen LogP contribution in [0.5, 0.6) is 11.5 Å². The molecule has 0 aliphatic heterocycles. The van der Waals surface area contributed by atoms with Crippen LogP contribution in [0.1, 0.15) is 25.0 Å². The number of hydrogen-bond acceptors (Lipinski definition) is 2. The van der Waals surface area contributed by atoms with Crippen molar-refractivity contribution in [1.29, 1.82) is 0 Å². The summed E-state index contributed by atoms with van der Waals surface area (Å²) >= 11 is 0. The summed E-state index contributed by atoms with van der Waals surface area (Å²) in [4.78, 5) is 0. The van der Waals surface area contributed by atoms with Gasteiger partial charge in [0.2, 0.25) is 0 Å². The van der Waals surface area contributed by atoms with E-state index in [2.05, 4.69) is 13.8 Å². The van der Waals surface area contributed by atoms with Gasteiger partial charge in [-0.05, 0) is 35.4 Å². The monoisotopic (exact) mass is 230 g/mol. The normalized spacial score (nSPS) is 11.4. The number of phenols is 2. The van der Waals surface area contributed by atoms with Crippen molar-refractivity contribution in [3.63, 3.8) is 0 Å². The number of benzene rings is 2. The van der Waals surface area contributed by atoms with Gasteiger partial charge in [-0.1, -0.05) is 38.1 Å². The van der Waals surface area contributed by atoms with E-state index in [0.29, 0.717) is 0 Å². The Hall–Kier alpha value is -1.96. The van der Waals surface area contributed by atoms with Gasteiger partial charge >= 0.3 is 0 Å². The van der Waals surface area contributed by atoms with E-state index in [0.717, 1.165) is 11.1 Å². The third kappa shape index (κ3) is 2.26. The molecule has 0 aromatic heterocycles. The van der Waals surface area contributed by atoms with Crippen molar-refractivity contribution < 1.29 is 10.2 Å². The van der Waals surface area contributed by atoms with Gasteiger partial charge in [0.05, 0.1) is 0 Å². The van der Waals surface area contributed by atoms with Gasteiger partial charge in [-0.2, -0.15) is 0 Å². The summed E-state index contributed by atoms with van der Waals surface area (Å²) in [5.74, 6) is 0.547. The van der Waals surface area contributed by atoms with Crippen LogP contribution in [0, 0.1) is 0 Å². The highest BCUT2D eigenvalue weighted by molar-refractivity contribution is 5.41. The second kappa shape index (κ2) is 4.13. The van der Waals surface area contributed by atoms with Crippen molar-refractivity contribution in [2.75, 3.05) is 0 Å². The molecular formula is C15H16O2. The number of phenolic OH excluding ortho intramolecular Hbond substituents is 2. The van der Waals surface area contributed by atoms with Crippen molar-refractivity contribution in [2.45, 2.75) is 19.3 Å². The minimum Gasteiger partial charge on any atom is -0.508 e. The zero-order valence-corrected chi connectivity index (χ0v) is 10.0. The summed E-state index contributed by atoms with van der Waals surface area (Å²) < 4.78 is 0. The Morgan fingerprint density at radius 3 is 1.24 bits per heavy atom. The molecule has 0 bridgehead atoms. The molecule has 0 unspecified atom stereocenters. The SMILES string of the molecule is CC(C)(c1ccc(O)cc1)c1cc[13c](O)[13cH]c1. The molecule has 0 saturated heterocycles. The van der Waals surface area contributed by atoms with E-state index in [1.54, 1.807) is 24.3 Å². The molecule has 88 valence electrons. The lowest BCUT2D eigenvalue weighted by molar-refractivity contribution is 0.474. The highest BCUT2D eigenvalue weighted by Gasteiger charge is 2.22. The number of rotatable bonds is 2. The fourth-order valence-corrected chi connectivity index (χ4v) is 1.92. The Bertz CT molecular complexity index is 448. The molecule has 0 saturated carbocycles. The van der Waals surface area contributed by atoms with E-state index < -0.39 is 0 Å². The molecule has 2 rings (SSSR count). The van der Waals surface area contributed by atoms with Crippen LogP contribution >= 0.6 is 0 Å². The molecule has 2 nitrogen and oxygen atoms in total. The Kier molecular flexibility index (Phi) is 2.80. The molecule has 0 atom stereocenters. The average molecular weight is 230 g/mol. The lowest BCUT2D eigenvalue weighted by Crippen LogP contribution is -2.18. The largest absolute Gasteiger partial charge is 0.508 e. The summed E-state index contributed by atoms with van der Waals surface area (Å²) in [7, 11) is 0. The lowest BCUT2D eigenvalue weighted by atomic mass is 9.79. The first kappa shape index (κ1) is 11.5. The fourth-order valence-electron chi connectivity index (χ4n) is 1.92. The molecule has 2 aromatic carbocycles. The van der Waals surface area contributed by atoms with Crippen molar-refractivity contribution >= 4 is 0 Å². The van der Waals surface area contributed by atoms with E-state index in [4.69, 9.17) is 0 Å².